The maximum absolute atomic E-state index is 10.1. The van der Waals surface area contributed by atoms with Gasteiger partial charge in [0.05, 0.1) is 22.0 Å². The fraction of sp³-hybridized carbons (Fsp3) is 0.750. The van der Waals surface area contributed by atoms with Gasteiger partial charge in [0.15, 0.2) is 0 Å². The number of halogens is 1. The number of nitrogens with zero attached hydrogens (tertiary/aromatic N) is 2. The highest BCUT2D eigenvalue weighted by atomic mass is 79.9. The number of aliphatic hydroxyl groups is 1. The molecule has 0 amide bonds. The summed E-state index contributed by atoms with van der Waals surface area (Å²) >= 11 is 3.52. The Bertz CT molecular complexity index is 386. The van der Waals surface area contributed by atoms with Crippen molar-refractivity contribution in [3.8, 4) is 0 Å². The highest BCUT2D eigenvalue weighted by Gasteiger charge is 2.21. The van der Waals surface area contributed by atoms with Gasteiger partial charge in [-0.25, -0.2) is 0 Å². The first-order chi connectivity index (χ1) is 8.08. The van der Waals surface area contributed by atoms with Crippen LogP contribution in [0.4, 0.5) is 0 Å². The first-order valence-electron chi connectivity index (χ1n) is 6.01. The van der Waals surface area contributed by atoms with E-state index in [9.17, 15) is 5.11 Å². The Balaban J connectivity index is 1.95. The minimum Gasteiger partial charge on any atom is -0.393 e. The lowest BCUT2D eigenvalue weighted by Crippen LogP contribution is -2.18. The molecule has 0 aliphatic carbocycles. The largest absolute Gasteiger partial charge is 0.393 e. The molecule has 0 aromatic carbocycles. The molecule has 2 unspecified atom stereocenters. The zero-order chi connectivity index (χ0) is 12.4. The Morgan fingerprint density at radius 1 is 1.65 bits per heavy atom. The third-order valence-electron chi connectivity index (χ3n) is 3.32. The van der Waals surface area contributed by atoms with Crippen molar-refractivity contribution in [1.82, 2.24) is 9.78 Å². The fourth-order valence-corrected chi connectivity index (χ4v) is 2.86. The average Bonchev–Trinajstić information content (AvgIpc) is 2.83. The van der Waals surface area contributed by atoms with Crippen LogP contribution in [0, 0.1) is 12.8 Å². The summed E-state index contributed by atoms with van der Waals surface area (Å²) in [5, 5.41) is 14.4. The van der Waals surface area contributed by atoms with Gasteiger partial charge in [-0.3, -0.25) is 4.68 Å². The zero-order valence-electron chi connectivity index (χ0n) is 10.3. The zero-order valence-corrected chi connectivity index (χ0v) is 11.9. The molecule has 1 saturated heterocycles. The fourth-order valence-electron chi connectivity index (χ4n) is 2.36. The number of hydrogen-bond donors (Lipinski definition) is 1. The molecule has 2 heterocycles. The van der Waals surface area contributed by atoms with E-state index >= 15 is 0 Å². The van der Waals surface area contributed by atoms with Crippen molar-refractivity contribution in [1.29, 1.82) is 0 Å². The molecule has 0 saturated carbocycles. The summed E-state index contributed by atoms with van der Waals surface area (Å²) in [6, 6.07) is 0. The van der Waals surface area contributed by atoms with Crippen LogP contribution in [0.15, 0.2) is 4.47 Å². The van der Waals surface area contributed by atoms with Crippen LogP contribution in [0.5, 0.6) is 0 Å². The first kappa shape index (κ1) is 13.1. The predicted molar refractivity (Wildman–Crippen MR) is 68.9 cm³/mol. The average molecular weight is 303 g/mol. The van der Waals surface area contributed by atoms with Crippen molar-refractivity contribution in [2.24, 2.45) is 13.0 Å². The number of aliphatic hydroxyl groups excluding tert-OH is 1. The van der Waals surface area contributed by atoms with E-state index in [4.69, 9.17) is 4.74 Å². The Labute approximate surface area is 110 Å². The van der Waals surface area contributed by atoms with Crippen LogP contribution in [-0.4, -0.2) is 34.2 Å². The Morgan fingerprint density at radius 2 is 2.41 bits per heavy atom. The minimum absolute atomic E-state index is 0.312. The molecule has 4 nitrogen and oxygen atoms in total. The monoisotopic (exact) mass is 302 g/mol. The number of hydrogen-bond acceptors (Lipinski definition) is 3. The summed E-state index contributed by atoms with van der Waals surface area (Å²) < 4.78 is 8.18. The van der Waals surface area contributed by atoms with Crippen molar-refractivity contribution in [3.05, 3.63) is 15.9 Å². The lowest BCUT2D eigenvalue weighted by molar-refractivity contribution is 0.127. The van der Waals surface area contributed by atoms with Gasteiger partial charge in [-0.05, 0) is 41.6 Å². The van der Waals surface area contributed by atoms with Gasteiger partial charge >= 0.3 is 0 Å². The quantitative estimate of drug-likeness (QED) is 0.923. The van der Waals surface area contributed by atoms with Crippen molar-refractivity contribution in [2.75, 3.05) is 13.2 Å². The standard InChI is InChI=1S/C12H19BrN2O2/c1-8-12(13)11(15(2)14-8)6-10(16)5-9-3-4-17-7-9/h9-10,16H,3-7H2,1-2H3. The molecule has 1 aromatic rings. The molecule has 17 heavy (non-hydrogen) atoms. The van der Waals surface area contributed by atoms with E-state index in [1.165, 1.54) is 0 Å². The number of aryl methyl sites for hydroxylation is 2. The lowest BCUT2D eigenvalue weighted by atomic mass is 9.98. The second-order valence-corrected chi connectivity index (χ2v) is 5.59. The number of aromatic nitrogens is 2. The topological polar surface area (TPSA) is 47.3 Å². The van der Waals surface area contributed by atoms with Crippen molar-refractivity contribution >= 4 is 15.9 Å². The van der Waals surface area contributed by atoms with Crippen LogP contribution in [0.3, 0.4) is 0 Å². The molecule has 1 aliphatic rings. The van der Waals surface area contributed by atoms with Gasteiger partial charge in [0.2, 0.25) is 0 Å². The van der Waals surface area contributed by atoms with E-state index in [1.807, 2.05) is 18.7 Å². The SMILES string of the molecule is Cc1nn(C)c(CC(O)CC2CCOC2)c1Br. The van der Waals surface area contributed by atoms with Crippen molar-refractivity contribution in [2.45, 2.75) is 32.3 Å². The lowest BCUT2D eigenvalue weighted by Gasteiger charge is -2.14. The molecular formula is C12H19BrN2O2. The minimum atomic E-state index is -0.312. The van der Waals surface area contributed by atoms with E-state index < -0.39 is 0 Å². The Kier molecular flexibility index (Phi) is 4.22. The van der Waals surface area contributed by atoms with Crippen LogP contribution in [0.2, 0.25) is 0 Å². The van der Waals surface area contributed by atoms with Crippen molar-refractivity contribution in [3.63, 3.8) is 0 Å². The van der Waals surface area contributed by atoms with E-state index in [1.54, 1.807) is 0 Å². The first-order valence-corrected chi connectivity index (χ1v) is 6.81. The van der Waals surface area contributed by atoms with E-state index in [0.29, 0.717) is 12.3 Å². The summed E-state index contributed by atoms with van der Waals surface area (Å²) in [4.78, 5) is 0. The molecule has 2 atom stereocenters. The third kappa shape index (κ3) is 3.09. The van der Waals surface area contributed by atoms with Crippen LogP contribution in [-0.2, 0) is 18.2 Å². The molecule has 0 radical (unpaired) electrons. The molecule has 1 N–H and O–H groups in total. The van der Waals surface area contributed by atoms with Gasteiger partial charge in [-0.2, -0.15) is 5.10 Å². The van der Waals surface area contributed by atoms with Crippen molar-refractivity contribution < 1.29 is 9.84 Å². The molecule has 96 valence electrons. The van der Waals surface area contributed by atoms with Gasteiger partial charge < -0.3 is 9.84 Å². The Hall–Kier alpha value is -0.390. The second-order valence-electron chi connectivity index (χ2n) is 4.79. The second kappa shape index (κ2) is 5.50. The molecule has 2 rings (SSSR count). The van der Waals surface area contributed by atoms with E-state index in [2.05, 4.69) is 21.0 Å². The maximum Gasteiger partial charge on any atom is 0.0738 e. The smallest absolute Gasteiger partial charge is 0.0738 e. The summed E-state index contributed by atoms with van der Waals surface area (Å²) in [7, 11) is 1.92. The molecule has 1 fully saturated rings. The highest BCUT2D eigenvalue weighted by Crippen LogP contribution is 2.24. The predicted octanol–water partition coefficient (Wildman–Crippen LogP) is 1.82. The normalized spacial score (nSPS) is 22.0. The maximum atomic E-state index is 10.1. The number of ether oxygens (including phenoxy) is 1. The molecule has 1 aliphatic heterocycles. The van der Waals surface area contributed by atoms with Gasteiger partial charge in [0.25, 0.3) is 0 Å². The Morgan fingerprint density at radius 3 is 2.94 bits per heavy atom. The highest BCUT2D eigenvalue weighted by molar-refractivity contribution is 9.10. The summed E-state index contributed by atoms with van der Waals surface area (Å²) in [5.41, 5.74) is 2.04. The molecular weight excluding hydrogens is 284 g/mol. The molecule has 1 aromatic heterocycles. The summed E-state index contributed by atoms with van der Waals surface area (Å²) in [5.74, 6) is 0.512. The third-order valence-corrected chi connectivity index (χ3v) is 4.35. The summed E-state index contributed by atoms with van der Waals surface area (Å²) in [6.07, 6.45) is 2.22. The van der Waals surface area contributed by atoms with Crippen LogP contribution in [0.25, 0.3) is 0 Å². The van der Waals surface area contributed by atoms with Gasteiger partial charge in [0, 0.05) is 26.7 Å². The van der Waals surface area contributed by atoms with Crippen LogP contribution in [0.1, 0.15) is 24.2 Å². The molecule has 5 heteroatoms. The number of rotatable bonds is 4. The van der Waals surface area contributed by atoms with Gasteiger partial charge in [-0.1, -0.05) is 0 Å². The molecule has 0 spiro atoms. The summed E-state index contributed by atoms with van der Waals surface area (Å²) in [6.45, 7) is 3.60. The van der Waals surface area contributed by atoms with Crippen LogP contribution < -0.4 is 0 Å². The molecule has 0 bridgehead atoms. The van der Waals surface area contributed by atoms with E-state index in [-0.39, 0.29) is 6.10 Å². The van der Waals surface area contributed by atoms with Gasteiger partial charge in [-0.15, -0.1) is 0 Å². The van der Waals surface area contributed by atoms with Crippen LogP contribution >= 0.6 is 15.9 Å². The van der Waals surface area contributed by atoms with Gasteiger partial charge in [0.1, 0.15) is 0 Å². The van der Waals surface area contributed by atoms with E-state index in [0.717, 1.165) is 41.9 Å².